The van der Waals surface area contributed by atoms with E-state index in [-0.39, 0.29) is 11.8 Å². The smallest absolute Gasteiger partial charge is 0.245 e. The summed E-state index contributed by atoms with van der Waals surface area (Å²) in [5, 5.41) is 2.78. The maximum atomic E-state index is 12.2. The lowest BCUT2D eigenvalue weighted by Gasteiger charge is -2.29. The summed E-state index contributed by atoms with van der Waals surface area (Å²) in [4.78, 5) is 26.0. The van der Waals surface area contributed by atoms with Gasteiger partial charge < -0.3 is 15.0 Å². The number of benzene rings is 1. The Morgan fingerprint density at radius 3 is 2.62 bits per heavy atom. The Balaban J connectivity index is 1.87. The molecular formula is C16H22N2O3. The Morgan fingerprint density at radius 1 is 1.29 bits per heavy atom. The quantitative estimate of drug-likeness (QED) is 0.896. The van der Waals surface area contributed by atoms with Crippen molar-refractivity contribution in [3.05, 3.63) is 35.4 Å². The third-order valence-electron chi connectivity index (χ3n) is 3.68. The van der Waals surface area contributed by atoms with Crippen LogP contribution >= 0.6 is 0 Å². The SMILES string of the molecule is Cc1ccccc1CC(=O)NC(C)C(=O)N1CCOCC1. The standard InChI is InChI=1S/C16H22N2O3/c1-12-5-3-4-6-14(12)11-15(19)17-13(2)16(20)18-7-9-21-10-8-18/h3-6,13H,7-11H2,1-2H3,(H,17,19). The molecule has 1 aromatic rings. The first kappa shape index (κ1) is 15.5. The van der Waals surface area contributed by atoms with Crippen molar-refractivity contribution in [2.24, 2.45) is 0 Å². The molecule has 0 saturated carbocycles. The first-order chi connectivity index (χ1) is 10.1. The Labute approximate surface area is 125 Å². The number of amides is 2. The summed E-state index contributed by atoms with van der Waals surface area (Å²) < 4.78 is 5.22. The van der Waals surface area contributed by atoms with Crippen molar-refractivity contribution in [1.82, 2.24) is 10.2 Å². The van der Waals surface area contributed by atoms with E-state index in [0.29, 0.717) is 32.7 Å². The Hall–Kier alpha value is -1.88. The summed E-state index contributed by atoms with van der Waals surface area (Å²) in [6.07, 6.45) is 0.299. The number of hydrogen-bond donors (Lipinski definition) is 1. The molecule has 0 spiro atoms. The molecule has 1 aliphatic heterocycles. The number of nitrogens with one attached hydrogen (secondary N) is 1. The average Bonchev–Trinajstić information content (AvgIpc) is 2.49. The first-order valence-corrected chi connectivity index (χ1v) is 7.28. The summed E-state index contributed by atoms with van der Waals surface area (Å²) in [6.45, 7) is 6.03. The molecule has 1 fully saturated rings. The number of morpholine rings is 1. The van der Waals surface area contributed by atoms with E-state index < -0.39 is 6.04 Å². The van der Waals surface area contributed by atoms with E-state index in [4.69, 9.17) is 4.74 Å². The molecule has 0 bridgehead atoms. The molecule has 1 heterocycles. The number of carbonyl (C=O) groups excluding carboxylic acids is 2. The number of nitrogens with zero attached hydrogens (tertiary/aromatic N) is 1. The predicted molar refractivity (Wildman–Crippen MR) is 79.9 cm³/mol. The van der Waals surface area contributed by atoms with E-state index in [1.165, 1.54) is 0 Å². The van der Waals surface area contributed by atoms with E-state index >= 15 is 0 Å². The van der Waals surface area contributed by atoms with Gasteiger partial charge in [-0.15, -0.1) is 0 Å². The topological polar surface area (TPSA) is 58.6 Å². The molecule has 2 amide bonds. The second kappa shape index (κ2) is 7.22. The van der Waals surface area contributed by atoms with Gasteiger partial charge in [-0.05, 0) is 25.0 Å². The summed E-state index contributed by atoms with van der Waals surface area (Å²) in [7, 11) is 0. The Kier molecular flexibility index (Phi) is 5.33. The molecule has 1 atom stereocenters. The molecule has 5 heteroatoms. The Bertz CT molecular complexity index is 510. The molecular weight excluding hydrogens is 268 g/mol. The molecule has 0 aliphatic carbocycles. The van der Waals surface area contributed by atoms with Gasteiger partial charge in [0.15, 0.2) is 0 Å². The molecule has 114 valence electrons. The van der Waals surface area contributed by atoms with Gasteiger partial charge >= 0.3 is 0 Å². The third-order valence-corrected chi connectivity index (χ3v) is 3.68. The van der Waals surface area contributed by atoms with Crippen molar-refractivity contribution >= 4 is 11.8 Å². The minimum Gasteiger partial charge on any atom is -0.378 e. The summed E-state index contributed by atoms with van der Waals surface area (Å²) in [6, 6.07) is 7.27. The van der Waals surface area contributed by atoms with Crippen molar-refractivity contribution in [2.45, 2.75) is 26.3 Å². The van der Waals surface area contributed by atoms with Gasteiger partial charge in [-0.2, -0.15) is 0 Å². The maximum Gasteiger partial charge on any atom is 0.245 e. The molecule has 0 radical (unpaired) electrons. The van der Waals surface area contributed by atoms with Gasteiger partial charge in [0.2, 0.25) is 11.8 Å². The second-order valence-corrected chi connectivity index (χ2v) is 5.33. The van der Waals surface area contributed by atoms with Crippen LogP contribution < -0.4 is 5.32 Å². The largest absolute Gasteiger partial charge is 0.378 e. The van der Waals surface area contributed by atoms with E-state index in [9.17, 15) is 9.59 Å². The highest BCUT2D eigenvalue weighted by molar-refractivity contribution is 5.88. The van der Waals surface area contributed by atoms with Crippen molar-refractivity contribution in [3.8, 4) is 0 Å². The molecule has 21 heavy (non-hydrogen) atoms. The van der Waals surface area contributed by atoms with E-state index in [1.54, 1.807) is 11.8 Å². The summed E-state index contributed by atoms with van der Waals surface area (Å²) in [5.74, 6) is -0.171. The van der Waals surface area contributed by atoms with Gasteiger partial charge in [-0.25, -0.2) is 0 Å². The minimum absolute atomic E-state index is 0.0450. The van der Waals surface area contributed by atoms with Crippen molar-refractivity contribution in [3.63, 3.8) is 0 Å². The number of aryl methyl sites for hydroxylation is 1. The van der Waals surface area contributed by atoms with Gasteiger partial charge in [-0.1, -0.05) is 24.3 Å². The fraction of sp³-hybridized carbons (Fsp3) is 0.500. The third kappa shape index (κ3) is 4.29. The molecule has 1 N–H and O–H groups in total. The van der Waals surface area contributed by atoms with Crippen LogP contribution in [0.1, 0.15) is 18.1 Å². The van der Waals surface area contributed by atoms with Gasteiger partial charge in [0.1, 0.15) is 6.04 Å². The molecule has 1 aromatic carbocycles. The van der Waals surface area contributed by atoms with Crippen LogP contribution in [-0.2, 0) is 20.7 Å². The van der Waals surface area contributed by atoms with Gasteiger partial charge in [0.05, 0.1) is 19.6 Å². The van der Waals surface area contributed by atoms with E-state index in [0.717, 1.165) is 11.1 Å². The van der Waals surface area contributed by atoms with Gasteiger partial charge in [0.25, 0.3) is 0 Å². The fourth-order valence-corrected chi connectivity index (χ4v) is 2.39. The van der Waals surface area contributed by atoms with Crippen LogP contribution in [0.25, 0.3) is 0 Å². The highest BCUT2D eigenvalue weighted by Crippen LogP contribution is 2.08. The monoisotopic (exact) mass is 290 g/mol. The lowest BCUT2D eigenvalue weighted by molar-refractivity contribution is -0.139. The van der Waals surface area contributed by atoms with Crippen LogP contribution in [0.5, 0.6) is 0 Å². The Morgan fingerprint density at radius 2 is 1.95 bits per heavy atom. The number of ether oxygens (including phenoxy) is 1. The van der Waals surface area contributed by atoms with Crippen molar-refractivity contribution in [2.75, 3.05) is 26.3 Å². The highest BCUT2D eigenvalue weighted by Gasteiger charge is 2.23. The lowest BCUT2D eigenvalue weighted by Crippen LogP contribution is -2.50. The van der Waals surface area contributed by atoms with Crippen LogP contribution in [0.3, 0.4) is 0 Å². The highest BCUT2D eigenvalue weighted by atomic mass is 16.5. The summed E-state index contributed by atoms with van der Waals surface area (Å²) in [5.41, 5.74) is 2.07. The van der Waals surface area contributed by atoms with E-state index in [1.807, 2.05) is 31.2 Å². The normalized spacial score (nSPS) is 16.4. The fourth-order valence-electron chi connectivity index (χ4n) is 2.39. The van der Waals surface area contributed by atoms with Crippen LogP contribution in [0.4, 0.5) is 0 Å². The predicted octanol–water partition coefficient (Wildman–Crippen LogP) is 0.901. The van der Waals surface area contributed by atoms with Crippen LogP contribution in [-0.4, -0.2) is 49.1 Å². The average molecular weight is 290 g/mol. The van der Waals surface area contributed by atoms with Crippen molar-refractivity contribution < 1.29 is 14.3 Å². The van der Waals surface area contributed by atoms with Crippen LogP contribution in [0.15, 0.2) is 24.3 Å². The molecule has 1 saturated heterocycles. The molecule has 1 aliphatic rings. The summed E-state index contributed by atoms with van der Waals surface area (Å²) >= 11 is 0. The van der Waals surface area contributed by atoms with E-state index in [2.05, 4.69) is 5.32 Å². The van der Waals surface area contributed by atoms with Gasteiger partial charge in [0, 0.05) is 13.1 Å². The molecule has 1 unspecified atom stereocenters. The molecule has 0 aromatic heterocycles. The maximum absolute atomic E-state index is 12.2. The van der Waals surface area contributed by atoms with Crippen LogP contribution in [0, 0.1) is 6.92 Å². The lowest BCUT2D eigenvalue weighted by atomic mass is 10.1. The second-order valence-electron chi connectivity index (χ2n) is 5.33. The molecule has 5 nitrogen and oxygen atoms in total. The number of hydrogen-bond acceptors (Lipinski definition) is 3. The molecule has 2 rings (SSSR count). The van der Waals surface area contributed by atoms with Crippen LogP contribution in [0.2, 0.25) is 0 Å². The first-order valence-electron chi connectivity index (χ1n) is 7.28. The number of carbonyl (C=O) groups is 2. The zero-order valence-corrected chi connectivity index (χ0v) is 12.6. The zero-order valence-electron chi connectivity index (χ0n) is 12.6. The minimum atomic E-state index is -0.500. The number of rotatable bonds is 4. The van der Waals surface area contributed by atoms with Gasteiger partial charge in [-0.3, -0.25) is 9.59 Å². The van der Waals surface area contributed by atoms with Crippen molar-refractivity contribution in [1.29, 1.82) is 0 Å². The zero-order chi connectivity index (χ0) is 15.2.